The van der Waals surface area contributed by atoms with Crippen LogP contribution in [0.25, 0.3) is 11.0 Å². The molecular weight excluding hydrogens is 346 g/mol. The molecule has 0 aliphatic rings. The Bertz CT molecular complexity index is 996. The summed E-state index contributed by atoms with van der Waals surface area (Å²) in [6.07, 6.45) is 0. The van der Waals surface area contributed by atoms with Crippen LogP contribution in [-0.2, 0) is 23.1 Å². The number of ether oxygens (including phenoxy) is 2. The fourth-order valence-corrected chi connectivity index (χ4v) is 3.02. The first-order chi connectivity index (χ1) is 12.9. The van der Waals surface area contributed by atoms with E-state index in [1.165, 1.54) is 0 Å². The lowest BCUT2D eigenvalue weighted by Crippen LogP contribution is -2.15. The van der Waals surface area contributed by atoms with E-state index in [2.05, 4.69) is 0 Å². The SMILES string of the molecule is CCOCc1c(C(=O)OCC(=O)c2cc(C)n(C)c2C)oc2ccccc12. The van der Waals surface area contributed by atoms with Gasteiger partial charge in [-0.15, -0.1) is 0 Å². The van der Waals surface area contributed by atoms with Crippen molar-refractivity contribution >= 4 is 22.7 Å². The van der Waals surface area contributed by atoms with E-state index in [-0.39, 0.29) is 24.8 Å². The van der Waals surface area contributed by atoms with Crippen LogP contribution in [0.15, 0.2) is 34.7 Å². The summed E-state index contributed by atoms with van der Waals surface area (Å²) in [6.45, 7) is 6.07. The largest absolute Gasteiger partial charge is 0.451 e. The molecule has 0 saturated heterocycles. The Morgan fingerprint density at radius 1 is 1.19 bits per heavy atom. The van der Waals surface area contributed by atoms with Gasteiger partial charge in [0.05, 0.1) is 6.61 Å². The van der Waals surface area contributed by atoms with Crippen molar-refractivity contribution in [1.82, 2.24) is 4.57 Å². The van der Waals surface area contributed by atoms with E-state index in [1.54, 1.807) is 12.1 Å². The standard InChI is InChI=1S/C21H23NO5/c1-5-25-11-17-15-8-6-7-9-19(15)27-20(17)21(24)26-12-18(23)16-10-13(2)22(4)14(16)3/h6-10H,5,11-12H2,1-4H3. The van der Waals surface area contributed by atoms with Gasteiger partial charge >= 0.3 is 5.97 Å². The lowest BCUT2D eigenvalue weighted by Gasteiger charge is -2.05. The molecular formula is C21H23NO5. The van der Waals surface area contributed by atoms with Crippen molar-refractivity contribution in [2.75, 3.05) is 13.2 Å². The highest BCUT2D eigenvalue weighted by atomic mass is 16.5. The highest BCUT2D eigenvalue weighted by Gasteiger charge is 2.23. The summed E-state index contributed by atoms with van der Waals surface area (Å²) in [5, 5.41) is 0.804. The number of furan rings is 1. The molecule has 0 aliphatic carbocycles. The molecule has 0 fully saturated rings. The fraction of sp³-hybridized carbons (Fsp3) is 0.333. The van der Waals surface area contributed by atoms with Gasteiger partial charge in [-0.05, 0) is 32.9 Å². The molecule has 0 spiro atoms. The second-order valence-electron chi connectivity index (χ2n) is 6.39. The van der Waals surface area contributed by atoms with Gasteiger partial charge in [0.15, 0.2) is 6.61 Å². The summed E-state index contributed by atoms with van der Waals surface area (Å²) in [7, 11) is 1.89. The Morgan fingerprint density at radius 3 is 2.59 bits per heavy atom. The van der Waals surface area contributed by atoms with Crippen LogP contribution in [0.1, 0.15) is 44.8 Å². The minimum absolute atomic E-state index is 0.0819. The lowest BCUT2D eigenvalue weighted by molar-refractivity contribution is 0.0438. The highest BCUT2D eigenvalue weighted by Crippen LogP contribution is 2.27. The first-order valence-electron chi connectivity index (χ1n) is 8.85. The summed E-state index contributed by atoms with van der Waals surface area (Å²) in [4.78, 5) is 25.0. The van der Waals surface area contributed by atoms with Crippen molar-refractivity contribution in [1.29, 1.82) is 0 Å². The van der Waals surface area contributed by atoms with E-state index >= 15 is 0 Å². The molecule has 0 aliphatic heterocycles. The Labute approximate surface area is 157 Å². The minimum atomic E-state index is -0.667. The number of Topliss-reactive ketones (excluding diaryl/α,β-unsaturated/α-hetero) is 1. The zero-order valence-electron chi connectivity index (χ0n) is 16.0. The van der Waals surface area contributed by atoms with Crippen molar-refractivity contribution in [3.05, 3.63) is 58.6 Å². The van der Waals surface area contributed by atoms with Crippen LogP contribution >= 0.6 is 0 Å². The topological polar surface area (TPSA) is 70.7 Å². The van der Waals surface area contributed by atoms with E-state index < -0.39 is 5.97 Å². The molecule has 142 valence electrons. The average molecular weight is 369 g/mol. The van der Waals surface area contributed by atoms with Crippen molar-refractivity contribution in [2.24, 2.45) is 7.05 Å². The summed E-state index contributed by atoms with van der Waals surface area (Å²) >= 11 is 0. The number of esters is 1. The van der Waals surface area contributed by atoms with Gasteiger partial charge in [-0.1, -0.05) is 18.2 Å². The molecule has 2 heterocycles. The van der Waals surface area contributed by atoms with Crippen molar-refractivity contribution < 1.29 is 23.5 Å². The Hall–Kier alpha value is -2.86. The van der Waals surface area contributed by atoms with Gasteiger partial charge in [0.2, 0.25) is 11.5 Å². The van der Waals surface area contributed by atoms with Crippen LogP contribution in [0.4, 0.5) is 0 Å². The lowest BCUT2D eigenvalue weighted by atomic mass is 10.1. The fourth-order valence-electron chi connectivity index (χ4n) is 3.02. The predicted molar refractivity (Wildman–Crippen MR) is 101 cm³/mol. The van der Waals surface area contributed by atoms with Gasteiger partial charge in [0.25, 0.3) is 0 Å². The summed E-state index contributed by atoms with van der Waals surface area (Å²) in [5.74, 6) is -0.829. The van der Waals surface area contributed by atoms with Crippen LogP contribution in [0.5, 0.6) is 0 Å². The molecule has 0 atom stereocenters. The van der Waals surface area contributed by atoms with E-state index in [0.29, 0.717) is 23.3 Å². The van der Waals surface area contributed by atoms with Crippen molar-refractivity contribution in [3.8, 4) is 0 Å². The molecule has 3 aromatic rings. The maximum absolute atomic E-state index is 12.6. The molecule has 1 aromatic carbocycles. The van der Waals surface area contributed by atoms with Gasteiger partial charge in [0, 0.05) is 41.6 Å². The van der Waals surface area contributed by atoms with E-state index in [0.717, 1.165) is 16.8 Å². The summed E-state index contributed by atoms with van der Waals surface area (Å²) in [6, 6.07) is 9.14. The van der Waals surface area contributed by atoms with E-state index in [1.807, 2.05) is 50.6 Å². The normalized spacial score (nSPS) is 11.1. The third kappa shape index (κ3) is 3.66. The molecule has 3 rings (SSSR count). The van der Waals surface area contributed by atoms with Crippen molar-refractivity contribution in [3.63, 3.8) is 0 Å². The molecule has 0 N–H and O–H groups in total. The van der Waals surface area contributed by atoms with Gasteiger partial charge in [-0.25, -0.2) is 4.79 Å². The first kappa shape index (κ1) is 18.9. The smallest absolute Gasteiger partial charge is 0.375 e. The molecule has 0 radical (unpaired) electrons. The van der Waals surface area contributed by atoms with E-state index in [4.69, 9.17) is 13.9 Å². The van der Waals surface area contributed by atoms with Crippen LogP contribution < -0.4 is 0 Å². The highest BCUT2D eigenvalue weighted by molar-refractivity contribution is 6.01. The van der Waals surface area contributed by atoms with Gasteiger partial charge in [0.1, 0.15) is 5.58 Å². The van der Waals surface area contributed by atoms with Crippen LogP contribution in [-0.4, -0.2) is 29.5 Å². The molecule has 2 aromatic heterocycles. The quantitative estimate of drug-likeness (QED) is 0.466. The van der Waals surface area contributed by atoms with Crippen LogP contribution in [0.3, 0.4) is 0 Å². The summed E-state index contributed by atoms with van der Waals surface area (Å²) in [5.41, 5.74) is 3.59. The molecule has 0 amide bonds. The molecule has 6 heteroatoms. The maximum Gasteiger partial charge on any atom is 0.375 e. The Kier molecular flexibility index (Phi) is 5.46. The molecule has 27 heavy (non-hydrogen) atoms. The number of hydrogen-bond donors (Lipinski definition) is 0. The zero-order valence-corrected chi connectivity index (χ0v) is 16.0. The van der Waals surface area contributed by atoms with Crippen LogP contribution in [0.2, 0.25) is 0 Å². The van der Waals surface area contributed by atoms with Gasteiger partial charge in [-0.3, -0.25) is 4.79 Å². The number of aromatic nitrogens is 1. The Balaban J connectivity index is 1.79. The second kappa shape index (κ2) is 7.80. The van der Waals surface area contributed by atoms with Gasteiger partial charge in [-0.2, -0.15) is 0 Å². The molecule has 6 nitrogen and oxygen atoms in total. The zero-order chi connectivity index (χ0) is 19.6. The van der Waals surface area contributed by atoms with Crippen molar-refractivity contribution in [2.45, 2.75) is 27.4 Å². The monoisotopic (exact) mass is 369 g/mol. The average Bonchev–Trinajstić information content (AvgIpc) is 3.17. The number of carbonyl (C=O) groups is 2. The van der Waals surface area contributed by atoms with E-state index in [9.17, 15) is 9.59 Å². The Morgan fingerprint density at radius 2 is 1.93 bits per heavy atom. The number of rotatable bonds is 7. The van der Waals surface area contributed by atoms with Gasteiger partial charge < -0.3 is 18.5 Å². The molecule has 0 bridgehead atoms. The number of carbonyl (C=O) groups excluding carboxylic acids is 2. The number of hydrogen-bond acceptors (Lipinski definition) is 5. The number of nitrogens with zero attached hydrogens (tertiary/aromatic N) is 1. The third-order valence-electron chi connectivity index (χ3n) is 4.74. The predicted octanol–water partition coefficient (Wildman–Crippen LogP) is 3.96. The first-order valence-corrected chi connectivity index (χ1v) is 8.85. The number of benzene rings is 1. The minimum Gasteiger partial charge on any atom is -0.451 e. The molecule has 0 saturated carbocycles. The number of aryl methyl sites for hydroxylation is 1. The second-order valence-corrected chi connectivity index (χ2v) is 6.39. The molecule has 0 unspecified atom stereocenters. The number of para-hydroxylation sites is 1. The third-order valence-corrected chi connectivity index (χ3v) is 4.74. The maximum atomic E-state index is 12.6. The summed E-state index contributed by atoms with van der Waals surface area (Å²) < 4.78 is 18.3. The number of ketones is 1. The number of fused-ring (bicyclic) bond motifs is 1. The van der Waals surface area contributed by atoms with Crippen LogP contribution in [0, 0.1) is 13.8 Å².